The van der Waals surface area contributed by atoms with E-state index in [-0.39, 0.29) is 5.91 Å². The fraction of sp³-hybridized carbons (Fsp3) is 0.545. The molecule has 6 nitrogen and oxygen atoms in total. The first kappa shape index (κ1) is 13.0. The Morgan fingerprint density at radius 1 is 1.59 bits per heavy atom. The molecule has 0 aliphatic carbocycles. The molecule has 1 aromatic heterocycles. The summed E-state index contributed by atoms with van der Waals surface area (Å²) in [6, 6.07) is 2.10. The Morgan fingerprint density at radius 2 is 2.24 bits per heavy atom. The Hall–Kier alpha value is -2.03. The summed E-state index contributed by atoms with van der Waals surface area (Å²) < 4.78 is 1.62. The van der Waals surface area contributed by atoms with E-state index in [1.807, 2.05) is 0 Å². The van der Waals surface area contributed by atoms with E-state index in [0.29, 0.717) is 30.0 Å². The zero-order chi connectivity index (χ0) is 13.0. The average Bonchev–Trinajstić information content (AvgIpc) is 2.53. The summed E-state index contributed by atoms with van der Waals surface area (Å²) in [7, 11) is 5.21. The Kier molecular flexibility index (Phi) is 4.10. The highest BCUT2D eigenvalue weighted by molar-refractivity contribution is 5.76. The van der Waals surface area contributed by atoms with Gasteiger partial charge in [0.2, 0.25) is 5.91 Å². The van der Waals surface area contributed by atoms with Gasteiger partial charge in [-0.1, -0.05) is 0 Å². The number of hydrogen-bond acceptors (Lipinski definition) is 4. The number of amides is 1. The van der Waals surface area contributed by atoms with Gasteiger partial charge >= 0.3 is 0 Å². The van der Waals surface area contributed by atoms with Gasteiger partial charge in [-0.15, -0.1) is 0 Å². The number of aromatic nitrogens is 2. The number of rotatable bonds is 4. The van der Waals surface area contributed by atoms with Crippen molar-refractivity contribution in [2.75, 3.05) is 26.0 Å². The number of aryl methyl sites for hydroxylation is 2. The topological polar surface area (TPSA) is 74.0 Å². The van der Waals surface area contributed by atoms with Crippen LogP contribution in [0.1, 0.15) is 17.7 Å². The molecule has 0 radical (unpaired) electrons. The van der Waals surface area contributed by atoms with Crippen molar-refractivity contribution in [2.45, 2.75) is 13.3 Å². The third-order valence-electron chi connectivity index (χ3n) is 2.46. The minimum Gasteiger partial charge on any atom is -0.369 e. The summed E-state index contributed by atoms with van der Waals surface area (Å²) in [5.74, 6) is 0.714. The summed E-state index contributed by atoms with van der Waals surface area (Å²) in [4.78, 5) is 12.9. The highest BCUT2D eigenvalue weighted by atomic mass is 16.2. The van der Waals surface area contributed by atoms with Gasteiger partial charge < -0.3 is 10.2 Å². The summed E-state index contributed by atoms with van der Waals surface area (Å²) in [5, 5.41) is 16.2. The number of nitrogens with zero attached hydrogens (tertiary/aromatic N) is 4. The predicted molar refractivity (Wildman–Crippen MR) is 64.5 cm³/mol. The molecule has 0 aromatic carbocycles. The lowest BCUT2D eigenvalue weighted by atomic mass is 10.2. The number of hydrogen-bond donors (Lipinski definition) is 1. The zero-order valence-electron chi connectivity index (χ0n) is 10.6. The summed E-state index contributed by atoms with van der Waals surface area (Å²) >= 11 is 0. The molecule has 0 atom stereocenters. The molecule has 0 saturated heterocycles. The molecule has 0 fully saturated rings. The molecular formula is C11H17N5O. The van der Waals surface area contributed by atoms with Gasteiger partial charge in [0.05, 0.1) is 5.69 Å². The van der Waals surface area contributed by atoms with Crippen molar-refractivity contribution >= 4 is 11.7 Å². The van der Waals surface area contributed by atoms with Crippen molar-refractivity contribution in [3.05, 3.63) is 11.3 Å². The zero-order valence-corrected chi connectivity index (χ0v) is 10.6. The van der Waals surface area contributed by atoms with E-state index >= 15 is 0 Å². The van der Waals surface area contributed by atoms with Crippen LogP contribution in [0.2, 0.25) is 0 Å². The molecule has 1 N–H and O–H groups in total. The van der Waals surface area contributed by atoms with E-state index in [0.717, 1.165) is 0 Å². The predicted octanol–water partition coefficient (Wildman–Crippen LogP) is 0.490. The van der Waals surface area contributed by atoms with Crippen molar-refractivity contribution in [1.82, 2.24) is 14.7 Å². The lowest BCUT2D eigenvalue weighted by Crippen LogP contribution is -2.24. The Labute approximate surface area is 101 Å². The van der Waals surface area contributed by atoms with Gasteiger partial charge in [0.15, 0.2) is 0 Å². The van der Waals surface area contributed by atoms with Crippen LogP contribution in [0.25, 0.3) is 0 Å². The summed E-state index contributed by atoms with van der Waals surface area (Å²) in [5.41, 5.74) is 1.22. The highest BCUT2D eigenvalue weighted by Crippen LogP contribution is 2.16. The normalized spacial score (nSPS) is 9.82. The average molecular weight is 235 g/mol. The van der Waals surface area contributed by atoms with Crippen LogP contribution in [0.4, 0.5) is 5.82 Å². The van der Waals surface area contributed by atoms with Gasteiger partial charge in [-0.3, -0.25) is 9.48 Å². The van der Waals surface area contributed by atoms with Gasteiger partial charge in [-0.2, -0.15) is 10.4 Å². The van der Waals surface area contributed by atoms with Crippen LogP contribution >= 0.6 is 0 Å². The lowest BCUT2D eigenvalue weighted by Gasteiger charge is -2.11. The van der Waals surface area contributed by atoms with E-state index in [2.05, 4.69) is 16.5 Å². The van der Waals surface area contributed by atoms with E-state index in [1.165, 1.54) is 0 Å². The van der Waals surface area contributed by atoms with Gasteiger partial charge in [0, 0.05) is 34.1 Å². The molecule has 0 aliphatic rings. The number of nitriles is 1. The molecule has 1 aromatic rings. The Balaban J connectivity index is 2.64. The molecule has 0 unspecified atom stereocenters. The van der Waals surface area contributed by atoms with Crippen molar-refractivity contribution in [1.29, 1.82) is 5.26 Å². The van der Waals surface area contributed by atoms with E-state index in [4.69, 9.17) is 5.26 Å². The molecule has 0 bridgehead atoms. The van der Waals surface area contributed by atoms with Crippen molar-refractivity contribution < 1.29 is 4.79 Å². The SMILES string of the molecule is Cc1nn(C)c(NCCC(=O)N(C)C)c1C#N. The first-order chi connectivity index (χ1) is 7.97. The van der Waals surface area contributed by atoms with Crippen LogP contribution in [0.15, 0.2) is 0 Å². The van der Waals surface area contributed by atoms with Crippen LogP contribution in [0.5, 0.6) is 0 Å². The third-order valence-corrected chi connectivity index (χ3v) is 2.46. The Morgan fingerprint density at radius 3 is 2.76 bits per heavy atom. The van der Waals surface area contributed by atoms with Crippen LogP contribution in [-0.2, 0) is 11.8 Å². The number of carbonyl (C=O) groups is 1. The molecule has 92 valence electrons. The second kappa shape index (κ2) is 5.34. The maximum atomic E-state index is 11.4. The quantitative estimate of drug-likeness (QED) is 0.824. The first-order valence-corrected chi connectivity index (χ1v) is 5.35. The van der Waals surface area contributed by atoms with Gasteiger partial charge in [-0.25, -0.2) is 0 Å². The third kappa shape index (κ3) is 2.97. The molecular weight excluding hydrogens is 218 g/mol. The van der Waals surface area contributed by atoms with Gasteiger partial charge in [0.1, 0.15) is 17.5 Å². The van der Waals surface area contributed by atoms with Crippen molar-refractivity contribution in [3.8, 4) is 6.07 Å². The van der Waals surface area contributed by atoms with Crippen LogP contribution in [0, 0.1) is 18.3 Å². The minimum absolute atomic E-state index is 0.0508. The summed E-state index contributed by atoms with van der Waals surface area (Å²) in [6.07, 6.45) is 0.391. The number of anilines is 1. The largest absolute Gasteiger partial charge is 0.369 e. The highest BCUT2D eigenvalue weighted by Gasteiger charge is 2.12. The molecule has 6 heteroatoms. The van der Waals surface area contributed by atoms with Crippen LogP contribution < -0.4 is 5.32 Å². The molecule has 1 heterocycles. The fourth-order valence-electron chi connectivity index (χ4n) is 1.51. The smallest absolute Gasteiger partial charge is 0.223 e. The number of carbonyl (C=O) groups excluding carboxylic acids is 1. The minimum atomic E-state index is 0.0508. The molecule has 17 heavy (non-hydrogen) atoms. The maximum Gasteiger partial charge on any atom is 0.223 e. The second-order valence-corrected chi connectivity index (χ2v) is 4.01. The molecule has 1 amide bonds. The van der Waals surface area contributed by atoms with Crippen molar-refractivity contribution in [2.24, 2.45) is 7.05 Å². The van der Waals surface area contributed by atoms with Gasteiger partial charge in [-0.05, 0) is 6.92 Å². The monoisotopic (exact) mass is 235 g/mol. The van der Waals surface area contributed by atoms with Gasteiger partial charge in [0.25, 0.3) is 0 Å². The molecule has 0 spiro atoms. The Bertz CT molecular complexity index is 455. The molecule has 0 saturated carbocycles. The number of nitrogens with one attached hydrogen (secondary N) is 1. The van der Waals surface area contributed by atoms with E-state index in [9.17, 15) is 4.79 Å². The molecule has 1 rings (SSSR count). The van der Waals surface area contributed by atoms with Crippen molar-refractivity contribution in [3.63, 3.8) is 0 Å². The van der Waals surface area contributed by atoms with E-state index < -0.39 is 0 Å². The summed E-state index contributed by atoms with van der Waals surface area (Å²) in [6.45, 7) is 2.28. The maximum absolute atomic E-state index is 11.4. The second-order valence-electron chi connectivity index (χ2n) is 4.01. The standard InChI is InChI=1S/C11H17N5O/c1-8-9(7-12)11(16(4)14-8)13-6-5-10(17)15(2)3/h13H,5-6H2,1-4H3. The van der Waals surface area contributed by atoms with E-state index in [1.54, 1.807) is 37.6 Å². The fourth-order valence-corrected chi connectivity index (χ4v) is 1.51. The molecule has 0 aliphatic heterocycles. The van der Waals surface area contributed by atoms with Crippen LogP contribution in [-0.4, -0.2) is 41.2 Å². The first-order valence-electron chi connectivity index (χ1n) is 5.35. The van der Waals surface area contributed by atoms with Crippen LogP contribution in [0.3, 0.4) is 0 Å². The lowest BCUT2D eigenvalue weighted by molar-refractivity contribution is -0.128.